The van der Waals surface area contributed by atoms with E-state index in [4.69, 9.17) is 0 Å². The normalized spacial score (nSPS) is 12.2. The Hall–Kier alpha value is -5.20. The molecule has 0 spiro atoms. The summed E-state index contributed by atoms with van der Waals surface area (Å²) in [5, 5.41) is 10.6. The molecule has 0 atom stereocenters. The van der Waals surface area contributed by atoms with Gasteiger partial charge in [-0.05, 0) is 135 Å². The van der Waals surface area contributed by atoms with E-state index in [0.29, 0.717) is 23.7 Å². The topological polar surface area (TPSA) is 0 Å². The molecule has 0 amide bonds. The third-order valence-corrected chi connectivity index (χ3v) is 11.3. The van der Waals surface area contributed by atoms with Crippen molar-refractivity contribution in [1.29, 1.82) is 0 Å². The highest BCUT2D eigenvalue weighted by atomic mass is 14.3. The van der Waals surface area contributed by atoms with Gasteiger partial charge >= 0.3 is 0 Å². The van der Waals surface area contributed by atoms with Crippen LogP contribution in [0.2, 0.25) is 0 Å². The number of fused-ring (bicyclic) bond motifs is 6. The maximum atomic E-state index is 2.48. The van der Waals surface area contributed by atoms with Crippen molar-refractivity contribution in [3.63, 3.8) is 0 Å². The largest absolute Gasteiger partial charge is 0.0616 e. The number of rotatable bonds is 7. The number of benzene rings is 8. The van der Waals surface area contributed by atoms with Crippen LogP contribution in [0.4, 0.5) is 0 Å². The summed E-state index contributed by atoms with van der Waals surface area (Å²) in [5.74, 6) is 1.69. The first-order valence-electron chi connectivity index (χ1n) is 19.3. The molecule has 0 unspecified atom stereocenters. The zero-order chi connectivity index (χ0) is 36.3. The van der Waals surface area contributed by atoms with E-state index < -0.39 is 0 Å². The predicted molar refractivity (Wildman–Crippen MR) is 229 cm³/mol. The lowest BCUT2D eigenvalue weighted by Gasteiger charge is -2.24. The lowest BCUT2D eigenvalue weighted by molar-refractivity contribution is 0.795. The van der Waals surface area contributed by atoms with E-state index in [1.807, 2.05) is 0 Å². The van der Waals surface area contributed by atoms with E-state index in [1.54, 1.807) is 0 Å². The monoisotopic (exact) mass is 674 g/mol. The molecule has 0 fully saturated rings. The molecule has 0 aliphatic rings. The minimum Gasteiger partial charge on any atom is -0.0616 e. The summed E-state index contributed by atoms with van der Waals surface area (Å²) < 4.78 is 0. The molecule has 8 aromatic rings. The van der Waals surface area contributed by atoms with Gasteiger partial charge in [0, 0.05) is 0 Å². The van der Waals surface area contributed by atoms with E-state index in [0.717, 1.165) is 0 Å². The zero-order valence-electron chi connectivity index (χ0n) is 32.0. The van der Waals surface area contributed by atoms with Gasteiger partial charge in [-0.1, -0.05) is 177 Å². The van der Waals surface area contributed by atoms with E-state index in [1.165, 1.54) is 98.7 Å². The maximum Gasteiger partial charge on any atom is -0.00676 e. The Morgan fingerprint density at radius 3 is 0.981 bits per heavy atom. The van der Waals surface area contributed by atoms with Crippen molar-refractivity contribution >= 4 is 43.1 Å². The molecule has 8 aromatic carbocycles. The van der Waals surface area contributed by atoms with Crippen LogP contribution in [0.3, 0.4) is 0 Å². The summed E-state index contributed by atoms with van der Waals surface area (Å²) in [4.78, 5) is 0. The molecule has 0 aromatic heterocycles. The summed E-state index contributed by atoms with van der Waals surface area (Å²) in [6, 6.07) is 50.6. The highest BCUT2D eigenvalue weighted by molar-refractivity contribution is 6.14. The van der Waals surface area contributed by atoms with Gasteiger partial charge in [-0.3, -0.25) is 0 Å². The first-order valence-corrected chi connectivity index (χ1v) is 19.3. The van der Waals surface area contributed by atoms with Gasteiger partial charge in [-0.25, -0.2) is 0 Å². The van der Waals surface area contributed by atoms with Gasteiger partial charge in [0.25, 0.3) is 0 Å². The Labute approximate surface area is 310 Å². The minimum absolute atomic E-state index is 0.412. The molecular formula is C52H50. The molecule has 0 heterocycles. The maximum absolute atomic E-state index is 2.48. The highest BCUT2D eigenvalue weighted by Crippen LogP contribution is 2.45. The molecule has 0 heteroatoms. The Balaban J connectivity index is 1.25. The van der Waals surface area contributed by atoms with E-state index in [2.05, 4.69) is 189 Å². The Kier molecular flexibility index (Phi) is 8.75. The van der Waals surface area contributed by atoms with Crippen LogP contribution in [-0.4, -0.2) is 0 Å². The molecule has 258 valence electrons. The molecule has 0 saturated carbocycles. The zero-order valence-corrected chi connectivity index (χ0v) is 32.0. The van der Waals surface area contributed by atoms with Gasteiger partial charge in [0.1, 0.15) is 0 Å². The van der Waals surface area contributed by atoms with E-state index >= 15 is 0 Å². The van der Waals surface area contributed by atoms with Crippen molar-refractivity contribution in [1.82, 2.24) is 0 Å². The molecule has 52 heavy (non-hydrogen) atoms. The lowest BCUT2D eigenvalue weighted by Crippen LogP contribution is -2.03. The van der Waals surface area contributed by atoms with Crippen LogP contribution < -0.4 is 0 Å². The molecule has 0 bridgehead atoms. The average molecular weight is 675 g/mol. The van der Waals surface area contributed by atoms with Gasteiger partial charge in [0.15, 0.2) is 0 Å². The van der Waals surface area contributed by atoms with Crippen LogP contribution in [-0.2, 0) is 0 Å². The fourth-order valence-electron chi connectivity index (χ4n) is 8.86. The van der Waals surface area contributed by atoms with E-state index in [9.17, 15) is 0 Å². The van der Waals surface area contributed by atoms with Gasteiger partial charge in [0.05, 0.1) is 0 Å². The SMILES string of the molecule is CC(C)c1cc2c(ccc3ccccc32)c(-c2ccc(-c3ccc(-c4c(C(C)C)c(C(C)C)cc5c4ccc4ccccc45)cc3)cc2)c1C(C)C. The van der Waals surface area contributed by atoms with Crippen LogP contribution >= 0.6 is 0 Å². The molecule has 0 saturated heterocycles. The van der Waals surface area contributed by atoms with Crippen molar-refractivity contribution in [3.05, 3.63) is 156 Å². The highest BCUT2D eigenvalue weighted by Gasteiger charge is 2.22. The Morgan fingerprint density at radius 2 is 0.635 bits per heavy atom. The van der Waals surface area contributed by atoms with Crippen molar-refractivity contribution in [2.24, 2.45) is 0 Å². The summed E-state index contributed by atoms with van der Waals surface area (Å²) in [5.41, 5.74) is 13.7. The fraction of sp³-hybridized carbons (Fsp3) is 0.231. The summed E-state index contributed by atoms with van der Waals surface area (Å²) in [6.07, 6.45) is 0. The first kappa shape index (κ1) is 33.9. The van der Waals surface area contributed by atoms with Crippen LogP contribution in [0.5, 0.6) is 0 Å². The van der Waals surface area contributed by atoms with Gasteiger partial charge in [-0.15, -0.1) is 0 Å². The lowest BCUT2D eigenvalue weighted by atomic mass is 9.80. The van der Waals surface area contributed by atoms with Crippen LogP contribution in [0, 0.1) is 0 Å². The van der Waals surface area contributed by atoms with Gasteiger partial charge in [0.2, 0.25) is 0 Å². The average Bonchev–Trinajstić information content (AvgIpc) is 3.16. The van der Waals surface area contributed by atoms with Gasteiger partial charge < -0.3 is 0 Å². The van der Waals surface area contributed by atoms with Gasteiger partial charge in [-0.2, -0.15) is 0 Å². The molecule has 0 radical (unpaired) electrons. The molecule has 0 N–H and O–H groups in total. The Bertz CT molecular complexity index is 2410. The second-order valence-corrected chi connectivity index (χ2v) is 16.0. The standard InChI is InChI=1S/C52H50/c1-31(2)45-29-47-41-15-11-9-13-37(41)25-27-43(47)51(49(45)33(5)6)39-21-17-35(18-22-39)36-19-23-40(24-20-36)52-44-28-26-38-14-10-12-16-42(38)48(44)30-46(32(3)4)50(52)34(7)8/h9-34H,1-8H3. The molecular weight excluding hydrogens is 625 g/mol. The van der Waals surface area contributed by atoms with Crippen LogP contribution in [0.25, 0.3) is 76.5 Å². The van der Waals surface area contributed by atoms with E-state index in [-0.39, 0.29) is 0 Å². The number of hydrogen-bond donors (Lipinski definition) is 0. The minimum atomic E-state index is 0.412. The van der Waals surface area contributed by atoms with Crippen molar-refractivity contribution in [3.8, 4) is 33.4 Å². The van der Waals surface area contributed by atoms with Crippen molar-refractivity contribution in [2.75, 3.05) is 0 Å². The fourth-order valence-corrected chi connectivity index (χ4v) is 8.86. The van der Waals surface area contributed by atoms with Crippen molar-refractivity contribution in [2.45, 2.75) is 79.1 Å². The Morgan fingerprint density at radius 1 is 0.288 bits per heavy atom. The smallest absolute Gasteiger partial charge is 0.00676 e. The second-order valence-electron chi connectivity index (χ2n) is 16.0. The third kappa shape index (κ3) is 5.70. The number of hydrogen-bond acceptors (Lipinski definition) is 0. The van der Waals surface area contributed by atoms with Crippen molar-refractivity contribution < 1.29 is 0 Å². The van der Waals surface area contributed by atoms with Crippen LogP contribution in [0.1, 0.15) is 101 Å². The summed E-state index contributed by atoms with van der Waals surface area (Å²) in [6.45, 7) is 18.7. The quantitative estimate of drug-likeness (QED) is 0.148. The summed E-state index contributed by atoms with van der Waals surface area (Å²) in [7, 11) is 0. The summed E-state index contributed by atoms with van der Waals surface area (Å²) >= 11 is 0. The third-order valence-electron chi connectivity index (χ3n) is 11.3. The first-order chi connectivity index (χ1) is 25.1. The molecule has 8 rings (SSSR count). The molecule has 0 aliphatic heterocycles. The molecule has 0 nitrogen and oxygen atoms in total. The van der Waals surface area contributed by atoms with Crippen LogP contribution in [0.15, 0.2) is 133 Å². The second kappa shape index (κ2) is 13.4. The molecule has 0 aliphatic carbocycles. The predicted octanol–water partition coefficient (Wildman–Crippen LogP) is 15.8.